The highest BCUT2D eigenvalue weighted by Gasteiger charge is 2.11. The molecule has 13 heteroatoms. The lowest BCUT2D eigenvalue weighted by atomic mass is 10.2. The van der Waals surface area contributed by atoms with Gasteiger partial charge in [-0.2, -0.15) is 0 Å². The van der Waals surface area contributed by atoms with Crippen LogP contribution in [0.3, 0.4) is 0 Å². The predicted octanol–water partition coefficient (Wildman–Crippen LogP) is -1.46. The van der Waals surface area contributed by atoms with E-state index in [4.69, 9.17) is 9.88 Å². The smallest absolute Gasteiger partial charge is 0.325 e. The number of nitrogens with one attached hydrogen (secondary N) is 4. The number of carbonyl (C=O) groups is 4. The van der Waals surface area contributed by atoms with Gasteiger partial charge in [0.15, 0.2) is 0 Å². The lowest BCUT2D eigenvalue weighted by molar-refractivity contribution is -0.145. The van der Waals surface area contributed by atoms with Gasteiger partial charge in [-0.25, -0.2) is 19.0 Å². The second-order valence-corrected chi connectivity index (χ2v) is 8.14. The van der Waals surface area contributed by atoms with E-state index < -0.39 is 33.7 Å². The third-order valence-electron chi connectivity index (χ3n) is 4.01. The lowest BCUT2D eigenvalue weighted by Gasteiger charge is -2.09. The Hall–Kier alpha value is -3.81. The summed E-state index contributed by atoms with van der Waals surface area (Å²) in [5, 5.41) is 9.60. The van der Waals surface area contributed by atoms with Crippen molar-refractivity contribution in [2.75, 3.05) is 19.6 Å². The van der Waals surface area contributed by atoms with Crippen LogP contribution in [0.15, 0.2) is 59.5 Å². The molecule has 0 saturated carbocycles. The van der Waals surface area contributed by atoms with Crippen molar-refractivity contribution < 1.29 is 32.3 Å². The predicted molar refractivity (Wildman–Crippen MR) is 116 cm³/mol. The van der Waals surface area contributed by atoms with E-state index in [1.54, 1.807) is 12.1 Å². The Morgan fingerprint density at radius 3 is 2.06 bits per heavy atom. The van der Waals surface area contributed by atoms with E-state index in [0.717, 1.165) is 5.56 Å². The number of carbonyl (C=O) groups excluding carboxylic acids is 4. The summed E-state index contributed by atoms with van der Waals surface area (Å²) in [7, 11) is -3.87. The van der Waals surface area contributed by atoms with Crippen LogP contribution in [0.1, 0.15) is 15.9 Å². The Kier molecular flexibility index (Phi) is 9.47. The van der Waals surface area contributed by atoms with Crippen molar-refractivity contribution in [3.05, 3.63) is 65.7 Å². The lowest BCUT2D eigenvalue weighted by Crippen LogP contribution is -2.46. The first-order valence-corrected chi connectivity index (χ1v) is 11.1. The molecule has 2 aromatic carbocycles. The molecule has 0 saturated heterocycles. The number of amides is 3. The first-order chi connectivity index (χ1) is 15.6. The maximum Gasteiger partial charge on any atom is 0.325 e. The van der Waals surface area contributed by atoms with Crippen LogP contribution in [0.5, 0.6) is 0 Å². The standard InChI is InChI=1S/C20H23N5O7S/c21-33(30,31)16-8-6-15(7-9-16)20(29)25-24-11-18(27)22-10-17(26)23-12-19(28)32-13-14-4-2-1-3-5-14/h1-9,24H,10-13H2,(H,22,27)(H,23,26)(H,25,29)(H2,21,30,31). The summed E-state index contributed by atoms with van der Waals surface area (Å²) < 4.78 is 27.4. The van der Waals surface area contributed by atoms with Crippen LogP contribution in [0.4, 0.5) is 0 Å². The average Bonchev–Trinajstić information content (AvgIpc) is 2.80. The van der Waals surface area contributed by atoms with E-state index in [2.05, 4.69) is 21.5 Å². The van der Waals surface area contributed by atoms with Crippen LogP contribution in [0.25, 0.3) is 0 Å². The molecule has 0 aliphatic rings. The van der Waals surface area contributed by atoms with E-state index in [0.29, 0.717) is 0 Å². The second-order valence-electron chi connectivity index (χ2n) is 6.58. The maximum absolute atomic E-state index is 12.0. The zero-order valence-corrected chi connectivity index (χ0v) is 18.2. The Balaban J connectivity index is 1.60. The highest BCUT2D eigenvalue weighted by molar-refractivity contribution is 7.89. The van der Waals surface area contributed by atoms with Crippen molar-refractivity contribution in [2.24, 2.45) is 5.14 Å². The molecule has 0 atom stereocenters. The Labute approximate surface area is 189 Å². The number of sulfonamides is 1. The topological polar surface area (TPSA) is 186 Å². The third kappa shape index (κ3) is 9.47. The molecule has 0 aliphatic heterocycles. The number of rotatable bonds is 11. The van der Waals surface area contributed by atoms with Gasteiger partial charge in [0.1, 0.15) is 13.2 Å². The van der Waals surface area contributed by atoms with Crippen molar-refractivity contribution in [3.63, 3.8) is 0 Å². The minimum atomic E-state index is -3.87. The van der Waals surface area contributed by atoms with Crippen LogP contribution >= 0.6 is 0 Å². The normalized spacial score (nSPS) is 10.7. The van der Waals surface area contributed by atoms with Crippen molar-refractivity contribution in [1.82, 2.24) is 21.5 Å². The molecule has 0 aromatic heterocycles. The SMILES string of the molecule is NS(=O)(=O)c1ccc(C(=O)NNCC(=O)NCC(=O)NCC(=O)OCc2ccccc2)cc1. The number of hydrazine groups is 1. The molecule has 0 heterocycles. The highest BCUT2D eigenvalue weighted by Crippen LogP contribution is 2.08. The van der Waals surface area contributed by atoms with Crippen molar-refractivity contribution in [2.45, 2.75) is 11.5 Å². The fourth-order valence-electron chi connectivity index (χ4n) is 2.34. The number of nitrogens with two attached hydrogens (primary N) is 1. The molecule has 6 N–H and O–H groups in total. The number of esters is 1. The van der Waals surface area contributed by atoms with Crippen molar-refractivity contribution in [3.8, 4) is 0 Å². The number of hydrogen-bond donors (Lipinski definition) is 5. The van der Waals surface area contributed by atoms with Crippen LogP contribution in [-0.4, -0.2) is 51.7 Å². The number of benzene rings is 2. The molecule has 0 bridgehead atoms. The van der Waals surface area contributed by atoms with Gasteiger partial charge in [0.05, 0.1) is 18.0 Å². The molecule has 3 amide bonds. The van der Waals surface area contributed by atoms with E-state index in [1.165, 1.54) is 24.3 Å². The molecule has 0 radical (unpaired) electrons. The van der Waals surface area contributed by atoms with Gasteiger partial charge in [0, 0.05) is 5.56 Å². The summed E-state index contributed by atoms with van der Waals surface area (Å²) in [4.78, 5) is 46.9. The first-order valence-electron chi connectivity index (χ1n) is 9.54. The van der Waals surface area contributed by atoms with Gasteiger partial charge in [-0.3, -0.25) is 24.6 Å². The number of ether oxygens (including phenoxy) is 1. The Morgan fingerprint density at radius 1 is 0.818 bits per heavy atom. The molecular weight excluding hydrogens is 454 g/mol. The molecule has 2 rings (SSSR count). The Bertz CT molecular complexity index is 1090. The van der Waals surface area contributed by atoms with Crippen LogP contribution in [0.2, 0.25) is 0 Å². The van der Waals surface area contributed by atoms with Crippen molar-refractivity contribution in [1.29, 1.82) is 0 Å². The summed E-state index contributed by atoms with van der Waals surface area (Å²) in [6.45, 7) is -0.983. The van der Waals surface area contributed by atoms with Gasteiger partial charge in [0.25, 0.3) is 5.91 Å². The van der Waals surface area contributed by atoms with Gasteiger partial charge in [-0.05, 0) is 29.8 Å². The summed E-state index contributed by atoms with van der Waals surface area (Å²) in [5.74, 6) is -2.43. The molecule has 2 aromatic rings. The van der Waals surface area contributed by atoms with Crippen molar-refractivity contribution >= 4 is 33.7 Å². The minimum absolute atomic E-state index is 0.0833. The average molecular weight is 477 g/mol. The largest absolute Gasteiger partial charge is 0.460 e. The zero-order chi connectivity index (χ0) is 24.3. The monoisotopic (exact) mass is 477 g/mol. The van der Waals surface area contributed by atoms with Gasteiger partial charge in [0.2, 0.25) is 21.8 Å². The summed E-state index contributed by atoms with van der Waals surface area (Å²) in [6.07, 6.45) is 0. The fraction of sp³-hybridized carbons (Fsp3) is 0.200. The van der Waals surface area contributed by atoms with Gasteiger partial charge in [-0.1, -0.05) is 30.3 Å². The summed E-state index contributed by atoms with van der Waals surface area (Å²) in [5.41, 5.74) is 5.57. The first kappa shape index (κ1) is 25.5. The fourth-order valence-corrected chi connectivity index (χ4v) is 2.85. The molecule has 0 fully saturated rings. The molecule has 12 nitrogen and oxygen atoms in total. The second kappa shape index (κ2) is 12.3. The van der Waals surface area contributed by atoms with E-state index in [-0.39, 0.29) is 36.7 Å². The molecule has 176 valence electrons. The quantitative estimate of drug-likeness (QED) is 0.192. The van der Waals surface area contributed by atoms with E-state index in [9.17, 15) is 27.6 Å². The molecule has 0 spiro atoms. The number of hydrogen-bond acceptors (Lipinski definition) is 8. The van der Waals surface area contributed by atoms with Gasteiger partial charge >= 0.3 is 5.97 Å². The summed E-state index contributed by atoms with van der Waals surface area (Å²) >= 11 is 0. The third-order valence-corrected chi connectivity index (χ3v) is 4.94. The molecule has 0 aliphatic carbocycles. The molecule has 33 heavy (non-hydrogen) atoms. The van der Waals surface area contributed by atoms with Gasteiger partial charge in [-0.15, -0.1) is 0 Å². The number of primary sulfonamides is 1. The van der Waals surface area contributed by atoms with Crippen LogP contribution < -0.4 is 26.6 Å². The Morgan fingerprint density at radius 2 is 1.42 bits per heavy atom. The highest BCUT2D eigenvalue weighted by atomic mass is 32.2. The van der Waals surface area contributed by atoms with Crippen LogP contribution in [0, 0.1) is 0 Å². The minimum Gasteiger partial charge on any atom is -0.460 e. The van der Waals surface area contributed by atoms with Gasteiger partial charge < -0.3 is 15.4 Å². The van der Waals surface area contributed by atoms with Crippen LogP contribution in [-0.2, 0) is 35.8 Å². The zero-order valence-electron chi connectivity index (χ0n) is 17.4. The molecule has 0 unspecified atom stereocenters. The van der Waals surface area contributed by atoms with E-state index in [1.807, 2.05) is 18.2 Å². The molecular formula is C20H23N5O7S. The van der Waals surface area contributed by atoms with E-state index >= 15 is 0 Å². The summed E-state index contributed by atoms with van der Waals surface area (Å²) in [6, 6.07) is 13.9. The maximum atomic E-state index is 12.0.